The second kappa shape index (κ2) is 5.21. The Morgan fingerprint density at radius 3 is 3.16 bits per heavy atom. The normalized spacial score (nSPS) is 19.5. The van der Waals surface area contributed by atoms with Crippen molar-refractivity contribution in [1.29, 1.82) is 0 Å². The maximum Gasteiger partial charge on any atom is 0.338 e. The Balaban J connectivity index is 1.97. The van der Waals surface area contributed by atoms with Gasteiger partial charge in [-0.05, 0) is 30.7 Å². The lowest BCUT2D eigenvalue weighted by molar-refractivity contribution is 0.0600. The van der Waals surface area contributed by atoms with Crippen LogP contribution in [0.2, 0.25) is 0 Å². The topological polar surface area (TPSA) is 56.5 Å². The number of carbonyl (C=O) groups is 1. The van der Waals surface area contributed by atoms with E-state index in [4.69, 9.17) is 4.74 Å². The van der Waals surface area contributed by atoms with Gasteiger partial charge in [0.25, 0.3) is 0 Å². The average molecular weight is 277 g/mol. The number of methoxy groups -OCH3 is 1. The fraction of sp³-hybridized carbons (Fsp3) is 0.462. The van der Waals surface area contributed by atoms with Crippen LogP contribution in [0.15, 0.2) is 18.3 Å². The zero-order chi connectivity index (χ0) is 13.2. The minimum Gasteiger partial charge on any atom is -0.465 e. The van der Waals surface area contributed by atoms with Crippen LogP contribution >= 0.6 is 11.8 Å². The number of rotatable bonds is 2. The maximum absolute atomic E-state index is 11.5. The van der Waals surface area contributed by atoms with Gasteiger partial charge in [-0.25, -0.2) is 4.79 Å². The van der Waals surface area contributed by atoms with E-state index in [2.05, 4.69) is 10.2 Å². The van der Waals surface area contributed by atoms with Gasteiger partial charge in [-0.1, -0.05) is 0 Å². The van der Waals surface area contributed by atoms with E-state index in [0.717, 1.165) is 18.0 Å². The monoisotopic (exact) mass is 277 g/mol. The van der Waals surface area contributed by atoms with Crippen LogP contribution in [-0.4, -0.2) is 39.2 Å². The smallest absolute Gasteiger partial charge is 0.338 e. The summed E-state index contributed by atoms with van der Waals surface area (Å²) in [6.45, 7) is 0. The molecule has 1 aliphatic heterocycles. The Kier molecular flexibility index (Phi) is 3.42. The first-order valence-corrected chi connectivity index (χ1v) is 7.46. The lowest BCUT2D eigenvalue weighted by atomic mass is 10.0. The molecule has 5 nitrogen and oxygen atoms in total. The van der Waals surface area contributed by atoms with Crippen molar-refractivity contribution in [3.05, 3.63) is 29.7 Å². The van der Waals surface area contributed by atoms with E-state index in [9.17, 15) is 4.79 Å². The van der Waals surface area contributed by atoms with Crippen molar-refractivity contribution < 1.29 is 9.53 Å². The number of nitrogens with zero attached hydrogens (tertiary/aromatic N) is 3. The molecule has 1 saturated heterocycles. The van der Waals surface area contributed by atoms with Gasteiger partial charge < -0.3 is 4.74 Å². The van der Waals surface area contributed by atoms with Crippen LogP contribution in [0.4, 0.5) is 0 Å². The number of aromatic nitrogens is 3. The second-order valence-electron chi connectivity index (χ2n) is 4.61. The fourth-order valence-electron chi connectivity index (χ4n) is 2.38. The predicted octanol–water partition coefficient (Wildman–Crippen LogP) is 2.13. The van der Waals surface area contributed by atoms with E-state index in [1.54, 1.807) is 12.1 Å². The Morgan fingerprint density at radius 1 is 1.53 bits per heavy atom. The van der Waals surface area contributed by atoms with E-state index in [-0.39, 0.29) is 5.97 Å². The quantitative estimate of drug-likeness (QED) is 0.787. The highest BCUT2D eigenvalue weighted by atomic mass is 32.2. The number of carbonyl (C=O) groups excluding carboxylic acids is 1. The molecule has 2 aromatic heterocycles. The molecule has 0 aromatic carbocycles. The van der Waals surface area contributed by atoms with Crippen LogP contribution in [0, 0.1) is 0 Å². The first-order chi connectivity index (χ1) is 9.29. The van der Waals surface area contributed by atoms with Crippen LogP contribution in [-0.2, 0) is 4.74 Å². The molecule has 1 aliphatic rings. The van der Waals surface area contributed by atoms with E-state index in [1.807, 2.05) is 22.4 Å². The Morgan fingerprint density at radius 2 is 2.42 bits per heavy atom. The van der Waals surface area contributed by atoms with Crippen LogP contribution in [0.25, 0.3) is 5.65 Å². The molecule has 19 heavy (non-hydrogen) atoms. The molecule has 0 N–H and O–H groups in total. The maximum atomic E-state index is 11.5. The molecule has 1 fully saturated rings. The molecule has 0 amide bonds. The number of hydrogen-bond donors (Lipinski definition) is 0. The summed E-state index contributed by atoms with van der Waals surface area (Å²) in [5, 5.41) is 8.46. The molecule has 100 valence electrons. The van der Waals surface area contributed by atoms with Crippen molar-refractivity contribution in [3.63, 3.8) is 0 Å². The molecule has 6 heteroatoms. The molecule has 1 atom stereocenters. The second-order valence-corrected chi connectivity index (χ2v) is 5.76. The summed E-state index contributed by atoms with van der Waals surface area (Å²) in [5.41, 5.74) is 1.21. The molecule has 3 heterocycles. The molecule has 1 unspecified atom stereocenters. The summed E-state index contributed by atoms with van der Waals surface area (Å²) >= 11 is 1.97. The van der Waals surface area contributed by atoms with E-state index in [1.165, 1.54) is 19.3 Å². The lowest BCUT2D eigenvalue weighted by Crippen LogP contribution is -2.12. The molecule has 0 spiro atoms. The molecule has 0 aliphatic carbocycles. The number of thioether (sulfide) groups is 1. The third-order valence-electron chi connectivity index (χ3n) is 3.38. The van der Waals surface area contributed by atoms with E-state index >= 15 is 0 Å². The standard InChI is InChI=1S/C13H15N3O2S/c1-18-13(17)9-4-5-16-11(7-9)14-15-12(16)10-3-2-6-19-8-10/h4-5,7,10H,2-3,6,8H2,1H3. The van der Waals surface area contributed by atoms with Crippen molar-refractivity contribution in [1.82, 2.24) is 14.6 Å². The lowest BCUT2D eigenvalue weighted by Gasteiger charge is -2.19. The molecule has 0 saturated carbocycles. The molecule has 2 aromatic rings. The number of pyridine rings is 1. The first kappa shape index (κ1) is 12.5. The van der Waals surface area contributed by atoms with Crippen LogP contribution in [0.3, 0.4) is 0 Å². The van der Waals surface area contributed by atoms with Gasteiger partial charge in [0.05, 0.1) is 12.7 Å². The van der Waals surface area contributed by atoms with Crippen LogP contribution in [0.1, 0.15) is 34.9 Å². The van der Waals surface area contributed by atoms with Crippen LogP contribution < -0.4 is 0 Å². The largest absolute Gasteiger partial charge is 0.465 e. The number of fused-ring (bicyclic) bond motifs is 1. The average Bonchev–Trinajstić information content (AvgIpc) is 2.90. The van der Waals surface area contributed by atoms with Crippen molar-refractivity contribution in [2.45, 2.75) is 18.8 Å². The number of ether oxygens (including phenoxy) is 1. The minimum atomic E-state index is -0.347. The van der Waals surface area contributed by atoms with Gasteiger partial charge in [-0.15, -0.1) is 10.2 Å². The van der Waals surface area contributed by atoms with Crippen molar-refractivity contribution in [2.24, 2.45) is 0 Å². The summed E-state index contributed by atoms with van der Waals surface area (Å²) in [6, 6.07) is 3.47. The SMILES string of the molecule is COC(=O)c1ccn2c(C3CCCSC3)nnc2c1. The van der Waals surface area contributed by atoms with Gasteiger partial charge in [0.15, 0.2) is 5.65 Å². The Hall–Kier alpha value is -1.56. The first-order valence-electron chi connectivity index (χ1n) is 6.30. The van der Waals surface area contributed by atoms with Crippen molar-refractivity contribution in [2.75, 3.05) is 18.6 Å². The zero-order valence-corrected chi connectivity index (χ0v) is 11.5. The number of hydrogen-bond acceptors (Lipinski definition) is 5. The van der Waals surface area contributed by atoms with Gasteiger partial charge in [0.2, 0.25) is 0 Å². The minimum absolute atomic E-state index is 0.347. The highest BCUT2D eigenvalue weighted by Gasteiger charge is 2.21. The van der Waals surface area contributed by atoms with Crippen molar-refractivity contribution >= 4 is 23.4 Å². The molecule has 0 radical (unpaired) electrons. The van der Waals surface area contributed by atoms with Gasteiger partial charge in [0, 0.05) is 17.9 Å². The summed E-state index contributed by atoms with van der Waals surface area (Å²) in [6.07, 6.45) is 4.24. The summed E-state index contributed by atoms with van der Waals surface area (Å²) < 4.78 is 6.68. The Bertz CT molecular complexity index is 605. The summed E-state index contributed by atoms with van der Waals surface area (Å²) in [5.74, 6) is 3.44. The summed E-state index contributed by atoms with van der Waals surface area (Å²) in [7, 11) is 1.38. The van der Waals surface area contributed by atoms with Gasteiger partial charge in [-0.2, -0.15) is 11.8 Å². The van der Waals surface area contributed by atoms with E-state index < -0.39 is 0 Å². The Labute approximate surface area is 115 Å². The van der Waals surface area contributed by atoms with Gasteiger partial charge in [-0.3, -0.25) is 4.40 Å². The fourth-order valence-corrected chi connectivity index (χ4v) is 3.51. The van der Waals surface area contributed by atoms with Gasteiger partial charge in [0.1, 0.15) is 5.82 Å². The molecular weight excluding hydrogens is 262 g/mol. The highest BCUT2D eigenvalue weighted by Crippen LogP contribution is 2.30. The third-order valence-corrected chi connectivity index (χ3v) is 4.60. The zero-order valence-electron chi connectivity index (χ0n) is 10.7. The van der Waals surface area contributed by atoms with Gasteiger partial charge >= 0.3 is 5.97 Å². The van der Waals surface area contributed by atoms with E-state index in [0.29, 0.717) is 17.1 Å². The molecular formula is C13H15N3O2S. The van der Waals surface area contributed by atoms with Crippen LogP contribution in [0.5, 0.6) is 0 Å². The van der Waals surface area contributed by atoms with Crippen molar-refractivity contribution in [3.8, 4) is 0 Å². The highest BCUT2D eigenvalue weighted by molar-refractivity contribution is 7.99. The number of esters is 1. The molecule has 3 rings (SSSR count). The molecule has 0 bridgehead atoms. The third kappa shape index (κ3) is 2.32. The summed E-state index contributed by atoms with van der Waals surface area (Å²) in [4.78, 5) is 11.5. The predicted molar refractivity (Wildman–Crippen MR) is 73.6 cm³/mol.